The van der Waals surface area contributed by atoms with Crippen LogP contribution in [-0.2, 0) is 11.2 Å². The summed E-state index contributed by atoms with van der Waals surface area (Å²) >= 11 is 6.00. The van der Waals surface area contributed by atoms with E-state index in [1.807, 2.05) is 24.3 Å². The Bertz CT molecular complexity index is 833. The predicted octanol–water partition coefficient (Wildman–Crippen LogP) is 3.34. The zero-order valence-corrected chi connectivity index (χ0v) is 17.6. The summed E-state index contributed by atoms with van der Waals surface area (Å²) in [4.78, 5) is 14.9. The maximum Gasteiger partial charge on any atom is 0.224 e. The molecule has 2 fully saturated rings. The second kappa shape index (κ2) is 9.26. The van der Waals surface area contributed by atoms with Crippen LogP contribution in [-0.4, -0.2) is 36.1 Å². The van der Waals surface area contributed by atoms with Gasteiger partial charge in [0.25, 0.3) is 0 Å². The molecular weight excluding hydrogens is 384 g/mol. The smallest absolute Gasteiger partial charge is 0.224 e. The molecule has 0 bridgehead atoms. The Labute approximate surface area is 177 Å². The number of amides is 1. The summed E-state index contributed by atoms with van der Waals surface area (Å²) in [7, 11) is 0. The summed E-state index contributed by atoms with van der Waals surface area (Å²) in [5, 5.41) is 3.99. The van der Waals surface area contributed by atoms with Gasteiger partial charge in [0, 0.05) is 30.2 Å². The first-order valence-corrected chi connectivity index (χ1v) is 10.8. The molecule has 2 atom stereocenters. The van der Waals surface area contributed by atoms with Crippen LogP contribution in [0.4, 0.5) is 0 Å². The van der Waals surface area contributed by atoms with Gasteiger partial charge in [-0.15, -0.1) is 0 Å². The first-order valence-electron chi connectivity index (χ1n) is 10.4. The standard InChI is InChI=1S/C23H29ClN4O/c1-16-3-2-4-17(13-16)14-23(29)25-20-9-11-28(12-10-20)22-15-21(26-27-22)18-5-7-19(24)8-6-18/h2-8,13,20-22,26-27H,9-12,14-15H2,1H3,(H,25,29). The number of carbonyl (C=O) groups is 1. The molecule has 0 radical (unpaired) electrons. The number of nitrogens with one attached hydrogen (secondary N) is 3. The van der Waals surface area contributed by atoms with Gasteiger partial charge in [0.1, 0.15) is 0 Å². The van der Waals surface area contributed by atoms with Crippen LogP contribution in [0.3, 0.4) is 0 Å². The lowest BCUT2D eigenvalue weighted by atomic mass is 10.0. The van der Waals surface area contributed by atoms with E-state index in [0.29, 0.717) is 18.6 Å². The number of piperidine rings is 1. The molecule has 0 spiro atoms. The normalized spacial score (nSPS) is 23.2. The average Bonchev–Trinajstić information content (AvgIpc) is 3.19. The number of hydrazine groups is 1. The van der Waals surface area contributed by atoms with Crippen molar-refractivity contribution in [3.63, 3.8) is 0 Å². The van der Waals surface area contributed by atoms with Crippen LogP contribution in [0, 0.1) is 6.92 Å². The van der Waals surface area contributed by atoms with Crippen LogP contribution in [0.15, 0.2) is 48.5 Å². The number of benzene rings is 2. The number of aryl methyl sites for hydroxylation is 1. The molecule has 2 heterocycles. The minimum atomic E-state index is 0.123. The molecule has 1 amide bonds. The number of nitrogens with zero attached hydrogens (tertiary/aromatic N) is 1. The molecule has 5 nitrogen and oxygen atoms in total. The van der Waals surface area contributed by atoms with Crippen LogP contribution in [0.25, 0.3) is 0 Å². The lowest BCUT2D eigenvalue weighted by Crippen LogP contribution is -2.51. The molecule has 2 aromatic carbocycles. The molecule has 29 heavy (non-hydrogen) atoms. The van der Waals surface area contributed by atoms with Crippen molar-refractivity contribution in [1.29, 1.82) is 0 Å². The molecule has 2 aliphatic rings. The van der Waals surface area contributed by atoms with Gasteiger partial charge in [-0.3, -0.25) is 9.69 Å². The SMILES string of the molecule is Cc1cccc(CC(=O)NC2CCN(C3CC(c4ccc(Cl)cc4)NN3)CC2)c1. The first kappa shape index (κ1) is 20.4. The Morgan fingerprint density at radius 3 is 2.62 bits per heavy atom. The molecule has 4 rings (SSSR count). The van der Waals surface area contributed by atoms with E-state index in [0.717, 1.165) is 42.9 Å². The van der Waals surface area contributed by atoms with Gasteiger partial charge in [-0.05, 0) is 49.4 Å². The van der Waals surface area contributed by atoms with E-state index in [-0.39, 0.29) is 11.9 Å². The molecule has 0 aromatic heterocycles. The molecule has 3 N–H and O–H groups in total. The minimum Gasteiger partial charge on any atom is -0.353 e. The summed E-state index contributed by atoms with van der Waals surface area (Å²) in [6, 6.07) is 16.8. The molecule has 6 heteroatoms. The van der Waals surface area contributed by atoms with Crippen molar-refractivity contribution < 1.29 is 4.79 Å². The number of rotatable bonds is 5. The molecule has 0 saturated carbocycles. The Kier molecular flexibility index (Phi) is 6.50. The molecule has 2 unspecified atom stereocenters. The van der Waals surface area contributed by atoms with Crippen LogP contribution in [0.1, 0.15) is 42.0 Å². The third-order valence-corrected chi connectivity index (χ3v) is 6.19. The van der Waals surface area contributed by atoms with Gasteiger partial charge in [-0.1, -0.05) is 53.6 Å². The van der Waals surface area contributed by atoms with E-state index in [4.69, 9.17) is 11.6 Å². The largest absolute Gasteiger partial charge is 0.353 e. The summed E-state index contributed by atoms with van der Waals surface area (Å²) in [5.74, 6) is 0.123. The van der Waals surface area contributed by atoms with E-state index < -0.39 is 0 Å². The average molecular weight is 413 g/mol. The number of hydrogen-bond acceptors (Lipinski definition) is 4. The second-order valence-corrected chi connectivity index (χ2v) is 8.62. The van der Waals surface area contributed by atoms with Crippen molar-refractivity contribution in [2.75, 3.05) is 13.1 Å². The van der Waals surface area contributed by atoms with Gasteiger partial charge >= 0.3 is 0 Å². The monoisotopic (exact) mass is 412 g/mol. The Balaban J connectivity index is 1.22. The molecule has 154 valence electrons. The summed E-state index contributed by atoms with van der Waals surface area (Å²) in [6.45, 7) is 4.03. The van der Waals surface area contributed by atoms with Crippen molar-refractivity contribution in [2.45, 2.75) is 50.9 Å². The third-order valence-electron chi connectivity index (χ3n) is 5.94. The zero-order valence-electron chi connectivity index (χ0n) is 16.8. The maximum absolute atomic E-state index is 12.4. The number of carbonyl (C=O) groups excluding carboxylic acids is 1. The molecule has 2 aromatic rings. The minimum absolute atomic E-state index is 0.123. The van der Waals surface area contributed by atoms with Gasteiger partial charge < -0.3 is 5.32 Å². The van der Waals surface area contributed by atoms with Crippen molar-refractivity contribution >= 4 is 17.5 Å². The molecule has 2 aliphatic heterocycles. The second-order valence-electron chi connectivity index (χ2n) is 8.19. The van der Waals surface area contributed by atoms with E-state index in [9.17, 15) is 4.79 Å². The fraction of sp³-hybridized carbons (Fsp3) is 0.435. The van der Waals surface area contributed by atoms with E-state index in [2.05, 4.69) is 52.3 Å². The predicted molar refractivity (Wildman–Crippen MR) is 116 cm³/mol. The van der Waals surface area contributed by atoms with Crippen LogP contribution >= 0.6 is 11.6 Å². The highest BCUT2D eigenvalue weighted by Gasteiger charge is 2.32. The summed E-state index contributed by atoms with van der Waals surface area (Å²) in [5.41, 5.74) is 10.4. The number of halogens is 1. The van der Waals surface area contributed by atoms with Crippen LogP contribution in [0.2, 0.25) is 5.02 Å². The fourth-order valence-electron chi connectivity index (χ4n) is 4.33. The van der Waals surface area contributed by atoms with E-state index in [1.165, 1.54) is 11.1 Å². The lowest BCUT2D eigenvalue weighted by molar-refractivity contribution is -0.121. The molecule has 2 saturated heterocycles. The lowest BCUT2D eigenvalue weighted by Gasteiger charge is -2.35. The number of likely N-dealkylation sites (tertiary alicyclic amines) is 1. The molecular formula is C23H29ClN4O. The topological polar surface area (TPSA) is 56.4 Å². The van der Waals surface area contributed by atoms with Gasteiger partial charge in [-0.25, -0.2) is 10.9 Å². The van der Waals surface area contributed by atoms with Crippen molar-refractivity contribution in [3.05, 3.63) is 70.2 Å². The van der Waals surface area contributed by atoms with Crippen LogP contribution < -0.4 is 16.2 Å². The van der Waals surface area contributed by atoms with Crippen molar-refractivity contribution in [1.82, 2.24) is 21.1 Å². The number of hydrogen-bond donors (Lipinski definition) is 3. The summed E-state index contributed by atoms with van der Waals surface area (Å²) in [6.07, 6.45) is 3.77. The maximum atomic E-state index is 12.4. The van der Waals surface area contributed by atoms with Crippen molar-refractivity contribution in [3.8, 4) is 0 Å². The Morgan fingerprint density at radius 1 is 1.14 bits per heavy atom. The summed E-state index contributed by atoms with van der Waals surface area (Å²) < 4.78 is 0. The first-order chi connectivity index (χ1) is 14.1. The Hall–Kier alpha value is -1.92. The van der Waals surface area contributed by atoms with Gasteiger partial charge in [0.15, 0.2) is 0 Å². The van der Waals surface area contributed by atoms with Gasteiger partial charge in [0.05, 0.1) is 12.6 Å². The highest BCUT2D eigenvalue weighted by Crippen LogP contribution is 2.26. The van der Waals surface area contributed by atoms with Gasteiger partial charge in [-0.2, -0.15) is 0 Å². The third kappa shape index (κ3) is 5.37. The zero-order chi connectivity index (χ0) is 20.2. The quantitative estimate of drug-likeness (QED) is 0.705. The highest BCUT2D eigenvalue weighted by atomic mass is 35.5. The van der Waals surface area contributed by atoms with Crippen molar-refractivity contribution in [2.24, 2.45) is 0 Å². The Morgan fingerprint density at radius 2 is 1.90 bits per heavy atom. The highest BCUT2D eigenvalue weighted by molar-refractivity contribution is 6.30. The fourth-order valence-corrected chi connectivity index (χ4v) is 4.46. The molecule has 0 aliphatic carbocycles. The van der Waals surface area contributed by atoms with E-state index in [1.54, 1.807) is 0 Å². The van der Waals surface area contributed by atoms with Gasteiger partial charge in [0.2, 0.25) is 5.91 Å². The van der Waals surface area contributed by atoms with E-state index >= 15 is 0 Å². The van der Waals surface area contributed by atoms with Crippen LogP contribution in [0.5, 0.6) is 0 Å².